The Balaban J connectivity index is 4.44. The smallest absolute Gasteiger partial charge is 0.0786 e. The molecule has 0 bridgehead atoms. The second-order valence-corrected chi connectivity index (χ2v) is 6.36. The molecule has 0 rings (SSSR count). The third-order valence-corrected chi connectivity index (χ3v) is 4.44. The van der Waals surface area contributed by atoms with Crippen LogP contribution in [0.1, 0.15) is 91.9 Å². The van der Waals surface area contributed by atoms with Gasteiger partial charge in [0.1, 0.15) is 0 Å². The molecule has 0 amide bonds. The fraction of sp³-hybridized carbons (Fsp3) is 1.00. The summed E-state index contributed by atoms with van der Waals surface area (Å²) in [6.07, 6.45) is 14.0. The molecular formula is C18H40N+. The Bertz CT molecular complexity index is 157. The largest absolute Gasteiger partial charge is 0.324 e. The second-order valence-electron chi connectivity index (χ2n) is 6.36. The molecule has 0 aromatic carbocycles. The average Bonchev–Trinajstić information content (AvgIpc) is 2.43. The van der Waals surface area contributed by atoms with Crippen molar-refractivity contribution >= 4 is 0 Å². The summed E-state index contributed by atoms with van der Waals surface area (Å²) in [5.74, 6) is 0. The van der Waals surface area contributed by atoms with Crippen LogP contribution in [0.5, 0.6) is 0 Å². The lowest BCUT2D eigenvalue weighted by molar-refractivity contribution is -0.929. The van der Waals surface area contributed by atoms with Crippen LogP contribution in [0.3, 0.4) is 0 Å². The quantitative estimate of drug-likeness (QED) is 0.277. The van der Waals surface area contributed by atoms with Gasteiger partial charge in [-0.3, -0.25) is 0 Å². The highest BCUT2D eigenvalue weighted by Gasteiger charge is 2.24. The zero-order chi connectivity index (χ0) is 14.4. The number of nitrogens with zero attached hydrogens (tertiary/aromatic N) is 1. The van der Waals surface area contributed by atoms with Crippen LogP contribution < -0.4 is 0 Å². The molecule has 0 fully saturated rings. The molecule has 1 nitrogen and oxygen atoms in total. The van der Waals surface area contributed by atoms with Crippen molar-refractivity contribution in [2.45, 2.75) is 91.9 Å². The van der Waals surface area contributed by atoms with Crippen LogP contribution in [0.25, 0.3) is 0 Å². The van der Waals surface area contributed by atoms with E-state index in [9.17, 15) is 0 Å². The maximum atomic E-state index is 2.34. The standard InChI is InChI=1S/C18H40N/c1-5-9-13-17-19(15-11-7-3,16-12-8-4)18-14-10-6-2/h5-18H2,1-4H3/q+1. The number of quaternary nitrogens is 1. The highest BCUT2D eigenvalue weighted by molar-refractivity contribution is 4.50. The Morgan fingerprint density at radius 1 is 0.421 bits per heavy atom. The normalized spacial score (nSPS) is 12.0. The highest BCUT2D eigenvalue weighted by Crippen LogP contribution is 2.17. The summed E-state index contributed by atoms with van der Waals surface area (Å²) in [4.78, 5) is 0. The van der Waals surface area contributed by atoms with Crippen molar-refractivity contribution in [1.29, 1.82) is 0 Å². The minimum absolute atomic E-state index is 1.35. The second kappa shape index (κ2) is 13.0. The van der Waals surface area contributed by atoms with Crippen LogP contribution >= 0.6 is 0 Å². The first-order chi connectivity index (χ1) is 9.24. The van der Waals surface area contributed by atoms with E-state index in [1.165, 1.54) is 94.9 Å². The van der Waals surface area contributed by atoms with E-state index in [2.05, 4.69) is 27.7 Å². The van der Waals surface area contributed by atoms with E-state index < -0.39 is 0 Å². The van der Waals surface area contributed by atoms with E-state index in [0.29, 0.717) is 0 Å². The van der Waals surface area contributed by atoms with Crippen molar-refractivity contribution in [2.75, 3.05) is 26.2 Å². The highest BCUT2D eigenvalue weighted by atomic mass is 15.3. The predicted octanol–water partition coefficient (Wildman–Crippen LogP) is 5.78. The van der Waals surface area contributed by atoms with Gasteiger partial charge >= 0.3 is 0 Å². The fourth-order valence-electron chi connectivity index (χ4n) is 3.05. The Kier molecular flexibility index (Phi) is 12.9. The van der Waals surface area contributed by atoms with Crippen molar-refractivity contribution < 1.29 is 4.48 Å². The molecule has 0 heterocycles. The molecule has 0 aliphatic rings. The maximum absolute atomic E-state index is 2.34. The predicted molar refractivity (Wildman–Crippen MR) is 88.6 cm³/mol. The molecule has 0 atom stereocenters. The molecule has 0 radical (unpaired) electrons. The van der Waals surface area contributed by atoms with Crippen molar-refractivity contribution in [3.05, 3.63) is 0 Å². The monoisotopic (exact) mass is 270 g/mol. The molecule has 0 aliphatic carbocycles. The van der Waals surface area contributed by atoms with Crippen LogP contribution in [0.4, 0.5) is 0 Å². The summed E-state index contributed by atoms with van der Waals surface area (Å²) < 4.78 is 1.43. The summed E-state index contributed by atoms with van der Waals surface area (Å²) in [6.45, 7) is 15.1. The molecule has 0 unspecified atom stereocenters. The van der Waals surface area contributed by atoms with Crippen molar-refractivity contribution in [2.24, 2.45) is 0 Å². The topological polar surface area (TPSA) is 0 Å². The molecule has 0 aliphatic heterocycles. The first-order valence-electron chi connectivity index (χ1n) is 9.09. The van der Waals surface area contributed by atoms with Gasteiger partial charge < -0.3 is 4.48 Å². The van der Waals surface area contributed by atoms with Gasteiger partial charge in [-0.2, -0.15) is 0 Å². The van der Waals surface area contributed by atoms with Crippen LogP contribution in [0, 0.1) is 0 Å². The van der Waals surface area contributed by atoms with E-state index >= 15 is 0 Å². The lowest BCUT2D eigenvalue weighted by atomic mass is 10.1. The molecule has 0 saturated heterocycles. The van der Waals surface area contributed by atoms with E-state index in [1.54, 1.807) is 0 Å². The van der Waals surface area contributed by atoms with Gasteiger partial charge in [0.15, 0.2) is 0 Å². The van der Waals surface area contributed by atoms with Gasteiger partial charge in [-0.15, -0.1) is 0 Å². The third-order valence-electron chi connectivity index (χ3n) is 4.44. The van der Waals surface area contributed by atoms with Gasteiger partial charge in [0, 0.05) is 0 Å². The Morgan fingerprint density at radius 3 is 1.05 bits per heavy atom. The van der Waals surface area contributed by atoms with Crippen LogP contribution in [-0.2, 0) is 0 Å². The lowest BCUT2D eigenvalue weighted by Crippen LogP contribution is -2.50. The minimum Gasteiger partial charge on any atom is -0.324 e. The fourth-order valence-corrected chi connectivity index (χ4v) is 3.05. The molecule has 0 aromatic rings. The zero-order valence-electron chi connectivity index (χ0n) is 14.3. The lowest BCUT2D eigenvalue weighted by Gasteiger charge is -2.39. The van der Waals surface area contributed by atoms with Crippen LogP contribution in [0.2, 0.25) is 0 Å². The van der Waals surface area contributed by atoms with E-state index in [0.717, 1.165) is 0 Å². The first-order valence-corrected chi connectivity index (χ1v) is 9.09. The maximum Gasteiger partial charge on any atom is 0.0786 e. The summed E-state index contributed by atoms with van der Waals surface area (Å²) in [5.41, 5.74) is 0. The number of unbranched alkanes of at least 4 members (excludes halogenated alkanes) is 6. The van der Waals surface area contributed by atoms with Gasteiger partial charge in [0.25, 0.3) is 0 Å². The van der Waals surface area contributed by atoms with Crippen LogP contribution in [-0.4, -0.2) is 30.7 Å². The molecular weight excluding hydrogens is 230 g/mol. The SMILES string of the molecule is CCCCC[N+](CCCC)(CCCC)CCCCC. The average molecular weight is 271 g/mol. The van der Waals surface area contributed by atoms with E-state index in [4.69, 9.17) is 0 Å². The van der Waals surface area contributed by atoms with Gasteiger partial charge in [0.05, 0.1) is 26.2 Å². The zero-order valence-corrected chi connectivity index (χ0v) is 14.3. The number of hydrogen-bond acceptors (Lipinski definition) is 0. The third kappa shape index (κ3) is 9.49. The summed E-state index contributed by atoms with van der Waals surface area (Å²) in [5, 5.41) is 0. The Morgan fingerprint density at radius 2 is 0.737 bits per heavy atom. The first kappa shape index (κ1) is 19.0. The van der Waals surface area contributed by atoms with Gasteiger partial charge in [0.2, 0.25) is 0 Å². The van der Waals surface area contributed by atoms with Crippen molar-refractivity contribution in [3.63, 3.8) is 0 Å². The van der Waals surface area contributed by atoms with E-state index in [-0.39, 0.29) is 0 Å². The molecule has 116 valence electrons. The molecule has 0 aromatic heterocycles. The number of hydrogen-bond donors (Lipinski definition) is 0. The molecule has 19 heavy (non-hydrogen) atoms. The van der Waals surface area contributed by atoms with Gasteiger partial charge in [-0.25, -0.2) is 0 Å². The van der Waals surface area contributed by atoms with Crippen molar-refractivity contribution in [1.82, 2.24) is 0 Å². The van der Waals surface area contributed by atoms with Crippen molar-refractivity contribution in [3.8, 4) is 0 Å². The number of rotatable bonds is 14. The summed E-state index contributed by atoms with van der Waals surface area (Å²) in [6, 6.07) is 0. The minimum atomic E-state index is 1.35. The summed E-state index contributed by atoms with van der Waals surface area (Å²) in [7, 11) is 0. The molecule has 0 N–H and O–H groups in total. The summed E-state index contributed by atoms with van der Waals surface area (Å²) >= 11 is 0. The van der Waals surface area contributed by atoms with Crippen LogP contribution in [0.15, 0.2) is 0 Å². The Hall–Kier alpha value is -0.0400. The molecule has 1 heteroatoms. The molecule has 0 saturated carbocycles. The Labute approximate surface area is 123 Å². The van der Waals surface area contributed by atoms with Gasteiger partial charge in [-0.05, 0) is 38.5 Å². The molecule has 0 spiro atoms. The van der Waals surface area contributed by atoms with E-state index in [1.807, 2.05) is 0 Å². The van der Waals surface area contributed by atoms with Gasteiger partial charge in [-0.1, -0.05) is 53.4 Å².